The third-order valence-electron chi connectivity index (χ3n) is 14.2. The Hall–Kier alpha value is -5.86. The number of phosphoric ester groups is 1. The van der Waals surface area contributed by atoms with Gasteiger partial charge in [0.25, 0.3) is 0 Å². The van der Waals surface area contributed by atoms with E-state index >= 15 is 4.57 Å². The topological polar surface area (TPSA) is 55.8 Å². The smallest absolute Gasteiger partial charge is 0.404 e. The van der Waals surface area contributed by atoms with E-state index in [-0.39, 0.29) is 11.5 Å². The van der Waals surface area contributed by atoms with E-state index in [0.717, 1.165) is 42.0 Å². The monoisotopic (exact) mass is 872 g/mol. The average Bonchev–Trinajstić information content (AvgIpc) is 3.47. The molecule has 0 saturated heterocycles. The Morgan fingerprint density at radius 2 is 0.937 bits per heavy atom. The maximum Gasteiger partial charge on any atom is 0.527 e. The van der Waals surface area contributed by atoms with Crippen molar-refractivity contribution in [2.45, 2.75) is 49.7 Å². The van der Waals surface area contributed by atoms with Gasteiger partial charge in [0, 0.05) is 11.5 Å². The van der Waals surface area contributed by atoms with Gasteiger partial charge in [-0.3, -0.25) is 9.42 Å². The van der Waals surface area contributed by atoms with Crippen molar-refractivity contribution in [3.63, 3.8) is 0 Å². The van der Waals surface area contributed by atoms with Crippen LogP contribution in [0.5, 0.6) is 5.75 Å². The van der Waals surface area contributed by atoms with E-state index in [1.54, 1.807) is 0 Å². The zero-order valence-corrected chi connectivity index (χ0v) is 38.0. The minimum atomic E-state index is -4.81. The molecule has 0 aromatic heterocycles. The van der Waals surface area contributed by atoms with Gasteiger partial charge in [-0.2, -0.15) is 0 Å². The third-order valence-corrected chi connectivity index (χ3v) is 25.3. The Labute approximate surface area is 372 Å². The van der Waals surface area contributed by atoms with Gasteiger partial charge in [0.1, 0.15) is 5.75 Å². The van der Waals surface area contributed by atoms with Crippen molar-refractivity contribution >= 4 is 60.3 Å². The summed E-state index contributed by atoms with van der Waals surface area (Å²) in [6.07, 6.45) is 3.88. The van der Waals surface area contributed by atoms with Gasteiger partial charge in [-0.15, -0.1) is 0 Å². The summed E-state index contributed by atoms with van der Waals surface area (Å²) in [4.78, 5) is 12.6. The van der Waals surface area contributed by atoms with Gasteiger partial charge >= 0.3 is 7.82 Å². The number of rotatable bonds is 8. The van der Waals surface area contributed by atoms with Crippen LogP contribution in [0.25, 0.3) is 0 Å². The summed E-state index contributed by atoms with van der Waals surface area (Å²) in [5.41, 5.74) is 5.79. The second-order valence-electron chi connectivity index (χ2n) is 17.4. The zero-order chi connectivity index (χ0) is 42.4. The van der Waals surface area contributed by atoms with E-state index in [1.165, 1.54) is 47.8 Å². The molecule has 0 spiro atoms. The minimum Gasteiger partial charge on any atom is -0.404 e. The van der Waals surface area contributed by atoms with E-state index < -0.39 is 30.1 Å². The standard InChI is InChI=1S/C56H49O4PSi2/c57-61(58)59-55-51(62(43-25-7-1-8-26-43,44-27-9-2-10-28-44)45-29-11-3-12-30-45)39-41-23-19-21-37-49(41)53(55)54-50-38-22-20-24-42(50)40-52(56(54)60-61)63(46-31-13-4-14-32-46,47-33-15-5-16-34-47)48-35-17-6-18-36-48/h1-19,21,23,25-37,40,51,53,55H,20,22,24,38-39H2,(H,57,58)/t51?,53-,55-/m1/s1. The van der Waals surface area contributed by atoms with Crippen LogP contribution < -0.4 is 40.8 Å². The molecule has 8 aromatic rings. The molecule has 2 aliphatic carbocycles. The summed E-state index contributed by atoms with van der Waals surface area (Å²) < 4.78 is 29.4. The van der Waals surface area contributed by atoms with Crippen LogP contribution in [0.2, 0.25) is 5.54 Å². The predicted octanol–water partition coefficient (Wildman–Crippen LogP) is 8.05. The number of fused-ring (bicyclic) bond motifs is 7. The molecule has 0 bridgehead atoms. The molecule has 0 amide bonds. The fraction of sp³-hybridized carbons (Fsp3) is 0.143. The third kappa shape index (κ3) is 6.58. The fourth-order valence-corrected chi connectivity index (χ4v) is 23.7. The highest BCUT2D eigenvalue weighted by molar-refractivity contribution is 7.48. The average molecular weight is 873 g/mol. The molecule has 1 N–H and O–H groups in total. The number of benzene rings is 8. The lowest BCUT2D eigenvalue weighted by Gasteiger charge is -2.49. The van der Waals surface area contributed by atoms with E-state index in [9.17, 15) is 4.89 Å². The van der Waals surface area contributed by atoms with Crippen molar-refractivity contribution in [3.8, 4) is 5.75 Å². The van der Waals surface area contributed by atoms with Crippen molar-refractivity contribution in [1.82, 2.24) is 0 Å². The first-order chi connectivity index (χ1) is 31.0. The van der Waals surface area contributed by atoms with Crippen LogP contribution in [-0.2, 0) is 28.4 Å². The molecule has 1 heterocycles. The van der Waals surface area contributed by atoms with E-state index in [4.69, 9.17) is 9.05 Å². The van der Waals surface area contributed by atoms with Crippen molar-refractivity contribution in [3.05, 3.63) is 240 Å². The van der Waals surface area contributed by atoms with Crippen LogP contribution in [0.4, 0.5) is 0 Å². The van der Waals surface area contributed by atoms with Gasteiger partial charge in [-0.1, -0.05) is 212 Å². The van der Waals surface area contributed by atoms with Crippen LogP contribution in [0.1, 0.15) is 46.6 Å². The summed E-state index contributed by atoms with van der Waals surface area (Å²) in [5.74, 6) is 0.140. The molecule has 4 atom stereocenters. The van der Waals surface area contributed by atoms with Gasteiger partial charge in [0.15, 0.2) is 16.1 Å². The summed E-state index contributed by atoms with van der Waals surface area (Å²) in [7, 11) is -11.2. The second-order valence-corrected chi connectivity index (χ2v) is 26.6. The first kappa shape index (κ1) is 40.0. The summed E-state index contributed by atoms with van der Waals surface area (Å²) in [6.45, 7) is 0. The first-order valence-electron chi connectivity index (χ1n) is 22.3. The highest BCUT2D eigenvalue weighted by atomic mass is 31.2. The molecule has 310 valence electrons. The molecule has 3 aliphatic rings. The van der Waals surface area contributed by atoms with Gasteiger partial charge < -0.3 is 4.52 Å². The Bertz CT molecular complexity index is 2740. The van der Waals surface area contributed by atoms with Crippen LogP contribution in [0.15, 0.2) is 212 Å². The largest absolute Gasteiger partial charge is 0.527 e. The molecule has 0 saturated carbocycles. The van der Waals surface area contributed by atoms with Crippen LogP contribution in [-0.4, -0.2) is 27.1 Å². The lowest BCUT2D eigenvalue weighted by molar-refractivity contribution is 0.122. The van der Waals surface area contributed by atoms with Gasteiger partial charge in [-0.05, 0) is 96.2 Å². The Kier molecular flexibility index (Phi) is 10.4. The van der Waals surface area contributed by atoms with E-state index in [2.05, 4.69) is 212 Å². The quantitative estimate of drug-likeness (QED) is 0.0955. The van der Waals surface area contributed by atoms with Crippen LogP contribution in [0, 0.1) is 0 Å². The summed E-state index contributed by atoms with van der Waals surface area (Å²) in [6, 6.07) is 76.5. The minimum absolute atomic E-state index is 0.207. The molecule has 63 heavy (non-hydrogen) atoms. The second kappa shape index (κ2) is 16.4. The summed E-state index contributed by atoms with van der Waals surface area (Å²) in [5, 5.41) is 8.28. The van der Waals surface area contributed by atoms with Gasteiger partial charge in [0.2, 0.25) is 0 Å². The van der Waals surface area contributed by atoms with Crippen LogP contribution in [0.3, 0.4) is 0 Å². The molecule has 1 aliphatic heterocycles. The molecular formula is C56H49O4PSi2. The number of hydrogen-bond acceptors (Lipinski definition) is 3. The molecule has 7 heteroatoms. The van der Waals surface area contributed by atoms with Crippen molar-refractivity contribution in [1.29, 1.82) is 0 Å². The number of hydrogen-bond donors (Lipinski definition) is 1. The molecule has 8 aromatic carbocycles. The lowest BCUT2D eigenvalue weighted by atomic mass is 9.72. The van der Waals surface area contributed by atoms with Crippen molar-refractivity contribution < 1.29 is 18.5 Å². The van der Waals surface area contributed by atoms with Gasteiger partial charge in [-0.25, -0.2) is 4.57 Å². The maximum absolute atomic E-state index is 15.5. The lowest BCUT2D eigenvalue weighted by Crippen LogP contribution is -2.75. The molecule has 11 rings (SSSR count). The SMILES string of the molecule is O=P1(O)Oc2c([Si](c3ccccc3)(c3ccccc3)c3ccccc3)cc3c(c2[C@H]2c4ccccc4CC([Si](c4ccccc4)(c4ccccc4)c4ccccc4)[C@H]2O1)CCCC3. The maximum atomic E-state index is 15.5. The molecule has 0 fully saturated rings. The number of phosphoric acid groups is 1. The van der Waals surface area contributed by atoms with E-state index in [0.29, 0.717) is 12.2 Å². The van der Waals surface area contributed by atoms with Crippen molar-refractivity contribution in [2.75, 3.05) is 0 Å². The van der Waals surface area contributed by atoms with Crippen LogP contribution >= 0.6 is 7.82 Å². The highest BCUT2D eigenvalue weighted by Gasteiger charge is 2.59. The first-order valence-corrected chi connectivity index (χ1v) is 27.9. The molecule has 4 nitrogen and oxygen atoms in total. The van der Waals surface area contributed by atoms with Gasteiger partial charge in [0.05, 0.1) is 6.10 Å². The van der Waals surface area contributed by atoms with E-state index in [1.807, 2.05) is 0 Å². The molecule has 0 radical (unpaired) electrons. The molecule has 2 unspecified atom stereocenters. The fourth-order valence-electron chi connectivity index (χ4n) is 11.8. The Morgan fingerprint density at radius 3 is 1.43 bits per heavy atom. The number of aryl methyl sites for hydroxylation is 1. The predicted molar refractivity (Wildman–Crippen MR) is 262 cm³/mol. The normalized spacial score (nSPS) is 20.5. The zero-order valence-electron chi connectivity index (χ0n) is 35.1. The Morgan fingerprint density at radius 1 is 0.508 bits per heavy atom. The summed E-state index contributed by atoms with van der Waals surface area (Å²) >= 11 is 0. The molecular weight excluding hydrogens is 824 g/mol. The highest BCUT2D eigenvalue weighted by Crippen LogP contribution is 2.60. The Balaban J connectivity index is 1.29. The van der Waals surface area contributed by atoms with Crippen molar-refractivity contribution in [2.24, 2.45) is 0 Å².